The van der Waals surface area contributed by atoms with E-state index in [9.17, 15) is 8.42 Å². The zero-order chi connectivity index (χ0) is 15.8. The Morgan fingerprint density at radius 1 is 1.41 bits per heavy atom. The average Bonchev–Trinajstić information content (AvgIpc) is 2.94. The SMILES string of the molecule is CCO[C@H]1C[C@@H](NS(=O)(=O)c2cnn(C)c2)C12CCCCC2. The van der Waals surface area contributed by atoms with E-state index in [0.29, 0.717) is 6.61 Å². The van der Waals surface area contributed by atoms with Crippen molar-refractivity contribution in [2.75, 3.05) is 6.61 Å². The van der Waals surface area contributed by atoms with E-state index < -0.39 is 10.0 Å². The van der Waals surface area contributed by atoms with Gasteiger partial charge in [0.2, 0.25) is 10.0 Å². The Balaban J connectivity index is 1.77. The molecule has 2 saturated carbocycles. The van der Waals surface area contributed by atoms with E-state index in [1.807, 2.05) is 6.92 Å². The van der Waals surface area contributed by atoms with Gasteiger partial charge >= 0.3 is 0 Å². The minimum absolute atomic E-state index is 0.0104. The van der Waals surface area contributed by atoms with Gasteiger partial charge in [0.05, 0.1) is 12.3 Å². The summed E-state index contributed by atoms with van der Waals surface area (Å²) >= 11 is 0. The van der Waals surface area contributed by atoms with Crippen molar-refractivity contribution in [2.24, 2.45) is 12.5 Å². The van der Waals surface area contributed by atoms with Crippen molar-refractivity contribution in [3.63, 3.8) is 0 Å². The Morgan fingerprint density at radius 2 is 2.14 bits per heavy atom. The van der Waals surface area contributed by atoms with Crippen molar-refractivity contribution in [1.29, 1.82) is 0 Å². The third-order valence-corrected chi connectivity index (χ3v) is 6.65. The lowest BCUT2D eigenvalue weighted by molar-refractivity contribution is -0.144. The van der Waals surface area contributed by atoms with Crippen LogP contribution in [0.25, 0.3) is 0 Å². The summed E-state index contributed by atoms with van der Waals surface area (Å²) in [4.78, 5) is 0.237. The van der Waals surface area contributed by atoms with Crippen LogP contribution < -0.4 is 4.72 Å². The molecule has 1 heterocycles. The predicted molar refractivity (Wildman–Crippen MR) is 82.9 cm³/mol. The summed E-state index contributed by atoms with van der Waals surface area (Å²) in [5.74, 6) is 0. The normalized spacial score (nSPS) is 27.7. The number of hydrogen-bond donors (Lipinski definition) is 1. The molecule has 6 nitrogen and oxygen atoms in total. The van der Waals surface area contributed by atoms with Crippen molar-refractivity contribution in [2.45, 2.75) is 62.5 Å². The van der Waals surface area contributed by atoms with Crippen LogP contribution in [-0.2, 0) is 21.8 Å². The molecule has 3 rings (SSSR count). The lowest BCUT2D eigenvalue weighted by Crippen LogP contribution is -2.65. The van der Waals surface area contributed by atoms with Crippen LogP contribution in [0.5, 0.6) is 0 Å². The smallest absolute Gasteiger partial charge is 0.243 e. The first kappa shape index (κ1) is 16.0. The predicted octanol–water partition coefficient (Wildman–Crippen LogP) is 1.83. The van der Waals surface area contributed by atoms with Gasteiger partial charge in [0, 0.05) is 31.3 Å². The lowest BCUT2D eigenvalue weighted by Gasteiger charge is -2.57. The Morgan fingerprint density at radius 3 is 2.73 bits per heavy atom. The minimum Gasteiger partial charge on any atom is -0.378 e. The number of aryl methyl sites for hydroxylation is 1. The fourth-order valence-electron chi connectivity index (χ4n) is 4.02. The summed E-state index contributed by atoms with van der Waals surface area (Å²) in [6.45, 7) is 2.69. The number of aromatic nitrogens is 2. The first-order valence-corrected chi connectivity index (χ1v) is 9.59. The van der Waals surface area contributed by atoms with Crippen molar-refractivity contribution in [3.8, 4) is 0 Å². The van der Waals surface area contributed by atoms with Gasteiger partial charge in [-0.1, -0.05) is 19.3 Å². The maximum Gasteiger partial charge on any atom is 0.243 e. The van der Waals surface area contributed by atoms with Crippen LogP contribution in [-0.4, -0.2) is 37.0 Å². The number of nitrogens with one attached hydrogen (secondary N) is 1. The second-order valence-electron chi connectivity index (χ2n) is 6.50. The highest BCUT2D eigenvalue weighted by Crippen LogP contribution is 2.53. The summed E-state index contributed by atoms with van der Waals surface area (Å²) in [6.07, 6.45) is 9.57. The number of nitrogens with zero attached hydrogens (tertiary/aromatic N) is 2. The van der Waals surface area contributed by atoms with Gasteiger partial charge in [-0.05, 0) is 26.2 Å². The fraction of sp³-hybridized carbons (Fsp3) is 0.800. The molecule has 1 aromatic rings. The first-order chi connectivity index (χ1) is 10.5. The monoisotopic (exact) mass is 327 g/mol. The molecule has 0 unspecified atom stereocenters. The number of rotatable bonds is 5. The summed E-state index contributed by atoms with van der Waals surface area (Å²) in [7, 11) is -1.78. The number of sulfonamides is 1. The van der Waals surface area contributed by atoms with Crippen LogP contribution >= 0.6 is 0 Å². The van der Waals surface area contributed by atoms with E-state index in [4.69, 9.17) is 4.74 Å². The minimum atomic E-state index is -3.50. The van der Waals surface area contributed by atoms with Gasteiger partial charge in [0.25, 0.3) is 0 Å². The summed E-state index contributed by atoms with van der Waals surface area (Å²) in [5.41, 5.74) is -0.0104. The molecule has 1 spiro atoms. The second-order valence-corrected chi connectivity index (χ2v) is 8.21. The van der Waals surface area contributed by atoms with E-state index in [1.165, 1.54) is 23.5 Å². The molecule has 0 aromatic carbocycles. The molecule has 0 amide bonds. The fourth-order valence-corrected chi connectivity index (χ4v) is 5.34. The maximum atomic E-state index is 12.5. The Kier molecular flexibility index (Phi) is 4.31. The highest BCUT2D eigenvalue weighted by Gasteiger charge is 2.56. The van der Waals surface area contributed by atoms with Crippen LogP contribution in [0.1, 0.15) is 45.4 Å². The summed E-state index contributed by atoms with van der Waals surface area (Å²) < 4.78 is 35.4. The quantitative estimate of drug-likeness (QED) is 0.895. The molecule has 1 N–H and O–H groups in total. The van der Waals surface area contributed by atoms with Gasteiger partial charge in [-0.15, -0.1) is 0 Å². The van der Waals surface area contributed by atoms with Gasteiger partial charge < -0.3 is 4.74 Å². The van der Waals surface area contributed by atoms with Crippen molar-refractivity contribution < 1.29 is 13.2 Å². The molecular weight excluding hydrogens is 302 g/mol. The van der Waals surface area contributed by atoms with Crippen LogP contribution in [0.15, 0.2) is 17.3 Å². The van der Waals surface area contributed by atoms with Gasteiger partial charge in [-0.2, -0.15) is 5.10 Å². The molecule has 7 heteroatoms. The van der Waals surface area contributed by atoms with Gasteiger partial charge in [-0.25, -0.2) is 13.1 Å². The Labute approximate surface area is 132 Å². The van der Waals surface area contributed by atoms with Crippen molar-refractivity contribution >= 4 is 10.0 Å². The van der Waals surface area contributed by atoms with Crippen LogP contribution in [0.3, 0.4) is 0 Å². The Bertz CT molecular complexity index is 620. The standard InChI is InChI=1S/C15H25N3O3S/c1-3-21-14-9-13(15(14)7-5-4-6-8-15)17-22(19,20)12-10-16-18(2)11-12/h10-11,13-14,17H,3-9H2,1-2H3/t13-,14+/m1/s1. The molecule has 2 aliphatic carbocycles. The molecule has 2 aliphatic rings. The van der Waals surface area contributed by atoms with Crippen LogP contribution in [0.4, 0.5) is 0 Å². The van der Waals surface area contributed by atoms with Crippen LogP contribution in [0, 0.1) is 5.41 Å². The van der Waals surface area contributed by atoms with Gasteiger partial charge in [-0.3, -0.25) is 4.68 Å². The van der Waals surface area contributed by atoms with Crippen LogP contribution in [0.2, 0.25) is 0 Å². The highest BCUT2D eigenvalue weighted by molar-refractivity contribution is 7.89. The topological polar surface area (TPSA) is 73.2 Å². The molecular formula is C15H25N3O3S. The van der Waals surface area contributed by atoms with Gasteiger partial charge in [0.1, 0.15) is 4.90 Å². The maximum absolute atomic E-state index is 12.5. The third-order valence-electron chi connectivity index (χ3n) is 5.23. The lowest BCUT2D eigenvalue weighted by atomic mass is 9.55. The van der Waals surface area contributed by atoms with E-state index in [-0.39, 0.29) is 22.5 Å². The molecule has 0 aliphatic heterocycles. The molecule has 22 heavy (non-hydrogen) atoms. The summed E-state index contributed by atoms with van der Waals surface area (Å²) in [5, 5.41) is 3.96. The molecule has 1 aromatic heterocycles. The van der Waals surface area contributed by atoms with Crippen molar-refractivity contribution in [1.82, 2.24) is 14.5 Å². The third kappa shape index (κ3) is 2.70. The van der Waals surface area contributed by atoms with E-state index in [2.05, 4.69) is 9.82 Å². The molecule has 0 radical (unpaired) electrons. The second kappa shape index (κ2) is 5.94. The number of hydrogen-bond acceptors (Lipinski definition) is 4. The molecule has 0 bridgehead atoms. The molecule has 2 fully saturated rings. The Hall–Kier alpha value is -0.920. The first-order valence-electron chi connectivity index (χ1n) is 8.10. The summed E-state index contributed by atoms with van der Waals surface area (Å²) in [6, 6.07) is -0.0189. The zero-order valence-electron chi connectivity index (χ0n) is 13.3. The van der Waals surface area contributed by atoms with E-state index >= 15 is 0 Å². The van der Waals surface area contributed by atoms with E-state index in [1.54, 1.807) is 7.05 Å². The van der Waals surface area contributed by atoms with E-state index in [0.717, 1.165) is 32.1 Å². The van der Waals surface area contributed by atoms with Gasteiger partial charge in [0.15, 0.2) is 0 Å². The largest absolute Gasteiger partial charge is 0.378 e. The highest BCUT2D eigenvalue weighted by atomic mass is 32.2. The molecule has 0 saturated heterocycles. The number of ether oxygens (including phenoxy) is 1. The zero-order valence-corrected chi connectivity index (χ0v) is 14.1. The van der Waals surface area contributed by atoms with Crippen molar-refractivity contribution in [3.05, 3.63) is 12.4 Å². The molecule has 124 valence electrons. The average molecular weight is 327 g/mol. The molecule has 2 atom stereocenters.